The largest absolute Gasteiger partial charge is 0.497 e. The lowest BCUT2D eigenvalue weighted by Gasteiger charge is -2.24. The summed E-state index contributed by atoms with van der Waals surface area (Å²) < 4.78 is 7.42. The summed E-state index contributed by atoms with van der Waals surface area (Å²) in [7, 11) is 1.69. The number of benzene rings is 3. The summed E-state index contributed by atoms with van der Waals surface area (Å²) in [6, 6.07) is 25.0. The molecule has 0 spiro atoms. The molecule has 1 aliphatic rings. The molecule has 1 aliphatic heterocycles. The Balaban J connectivity index is 1.73. The van der Waals surface area contributed by atoms with Crippen LogP contribution < -0.4 is 9.75 Å². The van der Waals surface area contributed by atoms with Crippen molar-refractivity contribution in [2.45, 2.75) is 12.5 Å². The molecule has 1 atom stereocenters. The van der Waals surface area contributed by atoms with Crippen molar-refractivity contribution >= 4 is 43.3 Å². The summed E-state index contributed by atoms with van der Waals surface area (Å²) in [5.74, 6) is 0.861. The van der Waals surface area contributed by atoms with Crippen LogP contribution in [0.2, 0.25) is 0 Å². The average molecular weight is 486 g/mol. The number of nitrogens with zero attached hydrogens (tertiary/aromatic N) is 2. The fraction of sp³-hybridized carbons (Fsp3) is 0.136. The molecule has 0 saturated carbocycles. The van der Waals surface area contributed by atoms with E-state index in [1.54, 1.807) is 7.11 Å². The molecule has 0 aliphatic carbocycles. The SMILES string of the molecule is COc1ccc(C2CC(c3ccc(Br)cc3)=NN2c2cccc(Br)c2)cc1. The molecule has 0 aromatic heterocycles. The number of hydrogen-bond donors (Lipinski definition) is 0. The zero-order valence-corrected chi connectivity index (χ0v) is 17.9. The van der Waals surface area contributed by atoms with Crippen molar-refractivity contribution in [3.05, 3.63) is 92.9 Å². The fourth-order valence-corrected chi connectivity index (χ4v) is 3.92. The molecule has 0 fully saturated rings. The Morgan fingerprint density at radius 3 is 2.33 bits per heavy atom. The zero-order chi connectivity index (χ0) is 18.8. The van der Waals surface area contributed by atoms with E-state index in [4.69, 9.17) is 9.84 Å². The highest BCUT2D eigenvalue weighted by molar-refractivity contribution is 9.10. The Labute approximate surface area is 175 Å². The summed E-state index contributed by atoms with van der Waals surface area (Å²) in [6.07, 6.45) is 0.848. The number of anilines is 1. The molecule has 3 aromatic carbocycles. The fourth-order valence-electron chi connectivity index (χ4n) is 3.27. The standard InChI is InChI=1S/C22H18Br2N2O/c1-27-20-11-7-16(8-12-20)22-14-21(15-5-9-17(23)10-6-15)25-26(22)19-4-2-3-18(24)13-19/h2-13,22H,14H2,1H3. The first-order valence-corrected chi connectivity index (χ1v) is 10.2. The molecule has 5 heteroatoms. The number of ether oxygens (including phenoxy) is 1. The second-order valence-electron chi connectivity index (χ2n) is 6.37. The predicted octanol–water partition coefficient (Wildman–Crippen LogP) is 6.58. The molecule has 0 N–H and O–H groups in total. The van der Waals surface area contributed by atoms with Gasteiger partial charge in [0.05, 0.1) is 24.6 Å². The number of methoxy groups -OCH3 is 1. The van der Waals surface area contributed by atoms with Crippen molar-refractivity contribution < 1.29 is 4.74 Å². The van der Waals surface area contributed by atoms with Crippen LogP contribution >= 0.6 is 31.9 Å². The van der Waals surface area contributed by atoms with Crippen molar-refractivity contribution in [1.29, 1.82) is 0 Å². The maximum absolute atomic E-state index is 5.31. The van der Waals surface area contributed by atoms with Gasteiger partial charge in [-0.25, -0.2) is 0 Å². The zero-order valence-electron chi connectivity index (χ0n) is 14.8. The molecule has 0 amide bonds. The quantitative estimate of drug-likeness (QED) is 0.417. The van der Waals surface area contributed by atoms with Gasteiger partial charge in [0.25, 0.3) is 0 Å². The van der Waals surface area contributed by atoms with E-state index < -0.39 is 0 Å². The van der Waals surface area contributed by atoms with Crippen LogP contribution in [0.3, 0.4) is 0 Å². The van der Waals surface area contributed by atoms with E-state index in [2.05, 4.69) is 85.4 Å². The molecule has 1 heterocycles. The summed E-state index contributed by atoms with van der Waals surface area (Å²) in [6.45, 7) is 0. The summed E-state index contributed by atoms with van der Waals surface area (Å²) in [4.78, 5) is 0. The van der Waals surface area contributed by atoms with Crippen molar-refractivity contribution in [3.8, 4) is 5.75 Å². The number of hydrogen-bond acceptors (Lipinski definition) is 3. The lowest BCUT2D eigenvalue weighted by atomic mass is 9.98. The number of hydrazone groups is 1. The van der Waals surface area contributed by atoms with E-state index in [9.17, 15) is 0 Å². The monoisotopic (exact) mass is 484 g/mol. The average Bonchev–Trinajstić information content (AvgIpc) is 3.14. The van der Waals surface area contributed by atoms with Crippen LogP contribution in [0.4, 0.5) is 5.69 Å². The van der Waals surface area contributed by atoms with Gasteiger partial charge in [-0.1, -0.05) is 62.2 Å². The third-order valence-corrected chi connectivity index (χ3v) is 5.68. The van der Waals surface area contributed by atoms with Crippen LogP contribution in [0.15, 0.2) is 86.8 Å². The maximum Gasteiger partial charge on any atom is 0.118 e. The third-order valence-electron chi connectivity index (χ3n) is 4.66. The van der Waals surface area contributed by atoms with Gasteiger partial charge in [-0.3, -0.25) is 5.01 Å². The van der Waals surface area contributed by atoms with Gasteiger partial charge in [-0.2, -0.15) is 5.10 Å². The molecule has 0 bridgehead atoms. The van der Waals surface area contributed by atoms with Crippen molar-refractivity contribution in [3.63, 3.8) is 0 Å². The van der Waals surface area contributed by atoms with Crippen molar-refractivity contribution in [1.82, 2.24) is 0 Å². The van der Waals surface area contributed by atoms with E-state index >= 15 is 0 Å². The summed E-state index contributed by atoms with van der Waals surface area (Å²) in [5.41, 5.74) is 4.52. The lowest BCUT2D eigenvalue weighted by Crippen LogP contribution is -2.18. The first-order valence-electron chi connectivity index (χ1n) is 8.66. The highest BCUT2D eigenvalue weighted by Crippen LogP contribution is 2.38. The predicted molar refractivity (Wildman–Crippen MR) is 118 cm³/mol. The first kappa shape index (κ1) is 18.3. The van der Waals surface area contributed by atoms with Crippen LogP contribution in [0, 0.1) is 0 Å². The van der Waals surface area contributed by atoms with Crippen LogP contribution in [0.25, 0.3) is 0 Å². The third kappa shape index (κ3) is 3.94. The topological polar surface area (TPSA) is 24.8 Å². The minimum absolute atomic E-state index is 0.142. The molecular formula is C22H18Br2N2O. The van der Waals surface area contributed by atoms with Gasteiger partial charge >= 0.3 is 0 Å². The molecular weight excluding hydrogens is 468 g/mol. The highest BCUT2D eigenvalue weighted by Gasteiger charge is 2.30. The van der Waals surface area contributed by atoms with E-state index in [0.29, 0.717) is 0 Å². The van der Waals surface area contributed by atoms with Gasteiger partial charge < -0.3 is 4.74 Å². The van der Waals surface area contributed by atoms with Gasteiger partial charge in [0, 0.05) is 15.4 Å². The Bertz CT molecular complexity index is 968. The Hall–Kier alpha value is -2.11. The Morgan fingerprint density at radius 1 is 0.926 bits per heavy atom. The van der Waals surface area contributed by atoms with E-state index in [1.807, 2.05) is 24.3 Å². The normalized spacial score (nSPS) is 16.3. The van der Waals surface area contributed by atoms with Crippen molar-refractivity contribution in [2.75, 3.05) is 12.1 Å². The molecule has 4 rings (SSSR count). The second-order valence-corrected chi connectivity index (χ2v) is 8.20. The van der Waals surface area contributed by atoms with Crippen LogP contribution in [0.1, 0.15) is 23.6 Å². The van der Waals surface area contributed by atoms with Crippen molar-refractivity contribution in [2.24, 2.45) is 5.10 Å². The van der Waals surface area contributed by atoms with E-state index in [1.165, 1.54) is 5.56 Å². The van der Waals surface area contributed by atoms with Gasteiger partial charge in [-0.15, -0.1) is 0 Å². The van der Waals surface area contributed by atoms with Gasteiger partial charge in [0.15, 0.2) is 0 Å². The second kappa shape index (κ2) is 7.87. The summed E-state index contributed by atoms with van der Waals surface area (Å²) >= 11 is 7.08. The van der Waals surface area contributed by atoms with Gasteiger partial charge in [0.2, 0.25) is 0 Å². The van der Waals surface area contributed by atoms with Crippen LogP contribution in [0.5, 0.6) is 5.75 Å². The minimum atomic E-state index is 0.142. The number of rotatable bonds is 4. The highest BCUT2D eigenvalue weighted by atomic mass is 79.9. The van der Waals surface area contributed by atoms with E-state index in [-0.39, 0.29) is 6.04 Å². The van der Waals surface area contributed by atoms with Gasteiger partial charge in [-0.05, 0) is 53.6 Å². The van der Waals surface area contributed by atoms with Gasteiger partial charge in [0.1, 0.15) is 5.75 Å². The Kier molecular flexibility index (Phi) is 5.32. The smallest absolute Gasteiger partial charge is 0.118 e. The maximum atomic E-state index is 5.31. The minimum Gasteiger partial charge on any atom is -0.497 e. The molecule has 3 aromatic rings. The molecule has 27 heavy (non-hydrogen) atoms. The molecule has 3 nitrogen and oxygen atoms in total. The Morgan fingerprint density at radius 2 is 1.67 bits per heavy atom. The summed E-state index contributed by atoms with van der Waals surface area (Å²) in [5, 5.41) is 7.10. The number of halogens is 2. The molecule has 136 valence electrons. The molecule has 1 unspecified atom stereocenters. The van der Waals surface area contributed by atoms with E-state index in [0.717, 1.165) is 38.1 Å². The molecule has 0 saturated heterocycles. The van der Waals surface area contributed by atoms with Crippen LogP contribution in [-0.4, -0.2) is 12.8 Å². The first-order chi connectivity index (χ1) is 13.1. The van der Waals surface area contributed by atoms with Crippen LogP contribution in [-0.2, 0) is 0 Å². The lowest BCUT2D eigenvalue weighted by molar-refractivity contribution is 0.414. The molecule has 0 radical (unpaired) electrons.